The first kappa shape index (κ1) is 10.5. The van der Waals surface area contributed by atoms with Crippen LogP contribution in [0.1, 0.15) is 12.8 Å². The Balaban J connectivity index is 1.99. The zero-order valence-corrected chi connectivity index (χ0v) is 10.0. The molecule has 1 aliphatic rings. The maximum Gasteiger partial charge on any atom is 0.154 e. The van der Waals surface area contributed by atoms with Crippen molar-refractivity contribution in [3.63, 3.8) is 0 Å². The molecule has 0 aromatic carbocycles. The van der Waals surface area contributed by atoms with E-state index in [0.29, 0.717) is 6.04 Å². The molecule has 0 amide bonds. The van der Waals surface area contributed by atoms with Crippen LogP contribution in [-0.2, 0) is 0 Å². The average molecular weight is 231 g/mol. The number of aromatic nitrogens is 3. The van der Waals surface area contributed by atoms with Crippen LogP contribution >= 0.6 is 0 Å². The van der Waals surface area contributed by atoms with Crippen LogP contribution < -0.4 is 10.2 Å². The van der Waals surface area contributed by atoms with Gasteiger partial charge >= 0.3 is 0 Å². The van der Waals surface area contributed by atoms with Gasteiger partial charge in [0.1, 0.15) is 5.52 Å². The van der Waals surface area contributed by atoms with Gasteiger partial charge < -0.3 is 10.2 Å². The van der Waals surface area contributed by atoms with Gasteiger partial charge in [0.2, 0.25) is 0 Å². The van der Waals surface area contributed by atoms with Crippen molar-refractivity contribution in [3.8, 4) is 0 Å². The quantitative estimate of drug-likeness (QED) is 0.853. The van der Waals surface area contributed by atoms with Crippen molar-refractivity contribution in [2.75, 3.05) is 25.0 Å². The van der Waals surface area contributed by atoms with E-state index in [9.17, 15) is 0 Å². The van der Waals surface area contributed by atoms with Crippen LogP contribution in [0.15, 0.2) is 24.7 Å². The standard InChI is InChI=1S/C12H17N5/c1-13-9-10-3-2-7-16(10)12-11-4-5-15-17(11)8-6-14-12/h4-6,8,10,13H,2-3,7,9H2,1H3. The summed E-state index contributed by atoms with van der Waals surface area (Å²) in [6, 6.07) is 2.57. The van der Waals surface area contributed by atoms with Crippen molar-refractivity contribution in [1.29, 1.82) is 0 Å². The first-order valence-corrected chi connectivity index (χ1v) is 6.10. The van der Waals surface area contributed by atoms with Crippen molar-refractivity contribution in [1.82, 2.24) is 19.9 Å². The third-order valence-electron chi connectivity index (χ3n) is 3.39. The van der Waals surface area contributed by atoms with Crippen molar-refractivity contribution >= 4 is 11.3 Å². The highest BCUT2D eigenvalue weighted by atomic mass is 15.3. The molecule has 17 heavy (non-hydrogen) atoms. The molecule has 2 aromatic heterocycles. The highest BCUT2D eigenvalue weighted by Crippen LogP contribution is 2.26. The number of nitrogens with zero attached hydrogens (tertiary/aromatic N) is 4. The van der Waals surface area contributed by atoms with E-state index in [-0.39, 0.29) is 0 Å². The SMILES string of the molecule is CNCC1CCCN1c1nccn2nccc12. The van der Waals surface area contributed by atoms with Crippen molar-refractivity contribution in [2.24, 2.45) is 0 Å². The van der Waals surface area contributed by atoms with Gasteiger partial charge in [-0.3, -0.25) is 0 Å². The molecule has 1 fully saturated rings. The largest absolute Gasteiger partial charge is 0.351 e. The predicted octanol–water partition coefficient (Wildman–Crippen LogP) is 0.917. The molecule has 3 heterocycles. The highest BCUT2D eigenvalue weighted by Gasteiger charge is 2.26. The highest BCUT2D eigenvalue weighted by molar-refractivity contribution is 5.69. The lowest BCUT2D eigenvalue weighted by Gasteiger charge is -2.25. The molecule has 0 bridgehead atoms. The van der Waals surface area contributed by atoms with Gasteiger partial charge in [0.25, 0.3) is 0 Å². The molecule has 0 radical (unpaired) electrons. The molecule has 0 spiro atoms. The van der Waals surface area contributed by atoms with Crippen LogP contribution in [0.25, 0.3) is 5.52 Å². The second-order valence-electron chi connectivity index (χ2n) is 4.46. The topological polar surface area (TPSA) is 45.5 Å². The van der Waals surface area contributed by atoms with Crippen LogP contribution in [0.3, 0.4) is 0 Å². The van der Waals surface area contributed by atoms with E-state index in [2.05, 4.69) is 20.3 Å². The molecule has 2 aromatic rings. The van der Waals surface area contributed by atoms with E-state index in [0.717, 1.165) is 24.4 Å². The Morgan fingerprint density at radius 2 is 2.41 bits per heavy atom. The molecule has 1 unspecified atom stereocenters. The Kier molecular flexibility index (Phi) is 2.68. The van der Waals surface area contributed by atoms with E-state index in [1.807, 2.05) is 36.2 Å². The number of nitrogens with one attached hydrogen (secondary N) is 1. The number of rotatable bonds is 3. The molecule has 1 aliphatic heterocycles. The summed E-state index contributed by atoms with van der Waals surface area (Å²) < 4.78 is 1.89. The zero-order valence-electron chi connectivity index (χ0n) is 10.0. The van der Waals surface area contributed by atoms with Gasteiger partial charge in [0, 0.05) is 31.5 Å². The van der Waals surface area contributed by atoms with Crippen LogP contribution in [0, 0.1) is 0 Å². The van der Waals surface area contributed by atoms with Crippen LogP contribution in [0.2, 0.25) is 0 Å². The number of anilines is 1. The van der Waals surface area contributed by atoms with Gasteiger partial charge in [0.05, 0.1) is 6.20 Å². The summed E-state index contributed by atoms with van der Waals surface area (Å²) in [5, 5.41) is 7.52. The minimum atomic E-state index is 0.550. The van der Waals surface area contributed by atoms with Crippen LogP contribution in [0.5, 0.6) is 0 Å². The molecular formula is C12H17N5. The van der Waals surface area contributed by atoms with Gasteiger partial charge in [-0.25, -0.2) is 9.50 Å². The third-order valence-corrected chi connectivity index (χ3v) is 3.39. The molecule has 1 N–H and O–H groups in total. The molecule has 0 aliphatic carbocycles. The van der Waals surface area contributed by atoms with Gasteiger partial charge in [0.15, 0.2) is 5.82 Å². The number of hydrogen-bond acceptors (Lipinski definition) is 4. The Labute approximate surface area is 100 Å². The van der Waals surface area contributed by atoms with Gasteiger partial charge in [-0.05, 0) is 26.0 Å². The molecule has 5 nitrogen and oxygen atoms in total. The summed E-state index contributed by atoms with van der Waals surface area (Å²) in [6.45, 7) is 2.10. The minimum absolute atomic E-state index is 0.550. The lowest BCUT2D eigenvalue weighted by atomic mass is 10.2. The average Bonchev–Trinajstić information content (AvgIpc) is 2.96. The van der Waals surface area contributed by atoms with Crippen molar-refractivity contribution in [2.45, 2.75) is 18.9 Å². The predicted molar refractivity (Wildman–Crippen MR) is 67.3 cm³/mol. The molecule has 5 heteroatoms. The Bertz CT molecular complexity index is 506. The summed E-state index contributed by atoms with van der Waals surface area (Å²) in [4.78, 5) is 6.93. The second-order valence-corrected chi connectivity index (χ2v) is 4.46. The fourth-order valence-electron chi connectivity index (χ4n) is 2.63. The van der Waals surface area contributed by atoms with E-state index in [4.69, 9.17) is 0 Å². The van der Waals surface area contributed by atoms with Gasteiger partial charge in [-0.1, -0.05) is 0 Å². The Hall–Kier alpha value is -1.62. The van der Waals surface area contributed by atoms with Gasteiger partial charge in [-0.15, -0.1) is 0 Å². The fourth-order valence-corrected chi connectivity index (χ4v) is 2.63. The zero-order chi connectivity index (χ0) is 11.7. The van der Waals surface area contributed by atoms with E-state index >= 15 is 0 Å². The molecule has 90 valence electrons. The van der Waals surface area contributed by atoms with Crippen LogP contribution in [-0.4, -0.2) is 40.8 Å². The number of hydrogen-bond donors (Lipinski definition) is 1. The summed E-state index contributed by atoms with van der Waals surface area (Å²) in [6.07, 6.45) is 8.01. The summed E-state index contributed by atoms with van der Waals surface area (Å²) in [5.74, 6) is 1.06. The van der Waals surface area contributed by atoms with E-state index in [1.54, 1.807) is 0 Å². The summed E-state index contributed by atoms with van der Waals surface area (Å²) in [5.41, 5.74) is 1.09. The normalized spacial score (nSPS) is 20.3. The lowest BCUT2D eigenvalue weighted by molar-refractivity contribution is 0.612. The minimum Gasteiger partial charge on any atom is -0.351 e. The summed E-state index contributed by atoms with van der Waals surface area (Å²) in [7, 11) is 2.00. The molecule has 0 saturated carbocycles. The number of likely N-dealkylation sites (N-methyl/N-ethyl adjacent to an activating group) is 1. The van der Waals surface area contributed by atoms with Crippen LogP contribution in [0.4, 0.5) is 5.82 Å². The second kappa shape index (κ2) is 4.33. The van der Waals surface area contributed by atoms with Gasteiger partial charge in [-0.2, -0.15) is 5.10 Å². The molecule has 1 atom stereocenters. The lowest BCUT2D eigenvalue weighted by Crippen LogP contribution is -2.37. The first-order valence-electron chi connectivity index (χ1n) is 6.10. The van der Waals surface area contributed by atoms with Crippen molar-refractivity contribution in [3.05, 3.63) is 24.7 Å². The van der Waals surface area contributed by atoms with Crippen molar-refractivity contribution < 1.29 is 0 Å². The molecule has 3 rings (SSSR count). The Morgan fingerprint density at radius 3 is 3.29 bits per heavy atom. The fraction of sp³-hybridized carbons (Fsp3) is 0.500. The first-order chi connectivity index (χ1) is 8.40. The Morgan fingerprint density at radius 1 is 1.47 bits per heavy atom. The molecule has 1 saturated heterocycles. The smallest absolute Gasteiger partial charge is 0.154 e. The maximum atomic E-state index is 4.53. The van der Waals surface area contributed by atoms with E-state index < -0.39 is 0 Å². The monoisotopic (exact) mass is 231 g/mol. The molecular weight excluding hydrogens is 214 g/mol. The van der Waals surface area contributed by atoms with E-state index in [1.165, 1.54) is 12.8 Å². The maximum absolute atomic E-state index is 4.53. The number of fused-ring (bicyclic) bond motifs is 1. The summed E-state index contributed by atoms with van der Waals surface area (Å²) >= 11 is 0. The third kappa shape index (κ3) is 1.76.